The minimum atomic E-state index is -3.29. The second-order valence-electron chi connectivity index (χ2n) is 9.55. The lowest BCUT2D eigenvalue weighted by Gasteiger charge is -2.32. The van der Waals surface area contributed by atoms with E-state index in [4.69, 9.17) is 0 Å². The first-order valence-electron chi connectivity index (χ1n) is 11.9. The smallest absolute Gasteiger partial charge is 0.229 e. The molecule has 0 aliphatic heterocycles. The monoisotopic (exact) mass is 506 g/mol. The van der Waals surface area contributed by atoms with Gasteiger partial charge < -0.3 is 5.32 Å². The molecule has 2 heterocycles. The molecule has 1 aliphatic carbocycles. The van der Waals surface area contributed by atoms with Gasteiger partial charge in [-0.2, -0.15) is 0 Å². The summed E-state index contributed by atoms with van der Waals surface area (Å²) in [6.45, 7) is 9.11. The van der Waals surface area contributed by atoms with Crippen molar-refractivity contribution in [2.45, 2.75) is 64.2 Å². The van der Waals surface area contributed by atoms with Gasteiger partial charge in [-0.15, -0.1) is 0 Å². The van der Waals surface area contributed by atoms with Crippen molar-refractivity contribution in [3.8, 4) is 0 Å². The second kappa shape index (κ2) is 9.54. The number of amides is 1. The van der Waals surface area contributed by atoms with Gasteiger partial charge in [-0.1, -0.05) is 19.1 Å². The van der Waals surface area contributed by atoms with Crippen LogP contribution in [0.5, 0.6) is 0 Å². The summed E-state index contributed by atoms with van der Waals surface area (Å²) in [4.78, 5) is 40.2. The standard InChI is InChI=1S/C27H30N4O4S/c1-6-36(34,35)20-9-7-19(8-10-20)15-23(32)31-22-13-16(2)24-21(30-22)11-12-27(5,25(24)33)26-28-17(3)14-18(4)29-26/h7-10,13-14H,6,11-12,15H2,1-5H3,(H,30,31,32). The minimum absolute atomic E-state index is 0.0233. The zero-order valence-electron chi connectivity index (χ0n) is 21.2. The third-order valence-electron chi connectivity index (χ3n) is 6.65. The van der Waals surface area contributed by atoms with Crippen molar-refractivity contribution in [3.05, 3.63) is 76.0 Å². The van der Waals surface area contributed by atoms with Gasteiger partial charge in [0.25, 0.3) is 0 Å². The summed E-state index contributed by atoms with van der Waals surface area (Å²) in [7, 11) is -3.29. The number of fused-ring (bicyclic) bond motifs is 1. The third-order valence-corrected chi connectivity index (χ3v) is 8.40. The Balaban J connectivity index is 1.53. The molecule has 0 spiro atoms. The van der Waals surface area contributed by atoms with Crippen molar-refractivity contribution in [2.75, 3.05) is 11.1 Å². The number of sulfone groups is 1. The zero-order valence-corrected chi connectivity index (χ0v) is 22.0. The van der Waals surface area contributed by atoms with Crippen molar-refractivity contribution in [1.82, 2.24) is 15.0 Å². The summed E-state index contributed by atoms with van der Waals surface area (Å²) in [5, 5.41) is 2.82. The first-order chi connectivity index (χ1) is 16.9. The summed E-state index contributed by atoms with van der Waals surface area (Å²) >= 11 is 0. The van der Waals surface area contributed by atoms with E-state index < -0.39 is 15.3 Å². The van der Waals surface area contributed by atoms with Gasteiger partial charge in [0.1, 0.15) is 11.6 Å². The highest BCUT2D eigenvalue weighted by molar-refractivity contribution is 7.91. The molecule has 2 aromatic heterocycles. The van der Waals surface area contributed by atoms with Crippen LogP contribution < -0.4 is 5.32 Å². The predicted octanol–water partition coefficient (Wildman–Crippen LogP) is 3.86. The van der Waals surface area contributed by atoms with E-state index >= 15 is 0 Å². The van der Waals surface area contributed by atoms with Gasteiger partial charge in [0, 0.05) is 17.0 Å². The van der Waals surface area contributed by atoms with Gasteiger partial charge in [-0.3, -0.25) is 9.59 Å². The van der Waals surface area contributed by atoms with E-state index in [2.05, 4.69) is 20.3 Å². The maximum Gasteiger partial charge on any atom is 0.229 e. The average molecular weight is 507 g/mol. The topological polar surface area (TPSA) is 119 Å². The van der Waals surface area contributed by atoms with Crippen molar-refractivity contribution in [2.24, 2.45) is 0 Å². The number of anilines is 1. The van der Waals surface area contributed by atoms with E-state index in [0.717, 1.165) is 17.0 Å². The number of aryl methyl sites for hydroxylation is 4. The Morgan fingerprint density at radius 2 is 1.67 bits per heavy atom. The van der Waals surface area contributed by atoms with Crippen LogP contribution in [0.3, 0.4) is 0 Å². The zero-order chi connectivity index (χ0) is 26.3. The molecule has 36 heavy (non-hydrogen) atoms. The number of nitrogens with one attached hydrogen (secondary N) is 1. The lowest BCUT2D eigenvalue weighted by molar-refractivity contribution is -0.115. The lowest BCUT2D eigenvalue weighted by Crippen LogP contribution is -2.40. The van der Waals surface area contributed by atoms with Gasteiger partial charge in [0.2, 0.25) is 5.91 Å². The largest absolute Gasteiger partial charge is 0.310 e. The van der Waals surface area contributed by atoms with Crippen LogP contribution in [0.25, 0.3) is 0 Å². The summed E-state index contributed by atoms with van der Waals surface area (Å²) in [6.07, 6.45) is 1.16. The van der Waals surface area contributed by atoms with Gasteiger partial charge in [0.15, 0.2) is 15.6 Å². The third kappa shape index (κ3) is 4.93. The number of hydrogen-bond donors (Lipinski definition) is 1. The first kappa shape index (κ1) is 25.6. The highest BCUT2D eigenvalue weighted by atomic mass is 32.2. The SMILES string of the molecule is CCS(=O)(=O)c1ccc(CC(=O)Nc2cc(C)c3c(n2)CCC(C)(c2nc(C)cc(C)n2)C3=O)cc1. The molecule has 0 bridgehead atoms. The number of carbonyl (C=O) groups excluding carboxylic acids is 2. The molecular weight excluding hydrogens is 476 g/mol. The number of benzene rings is 1. The maximum absolute atomic E-state index is 13.6. The molecule has 1 atom stereocenters. The molecule has 4 rings (SSSR count). The number of rotatable bonds is 6. The molecule has 0 radical (unpaired) electrons. The van der Waals surface area contributed by atoms with Crippen molar-refractivity contribution in [3.63, 3.8) is 0 Å². The maximum atomic E-state index is 13.6. The number of pyridine rings is 1. The van der Waals surface area contributed by atoms with Crippen molar-refractivity contribution < 1.29 is 18.0 Å². The van der Waals surface area contributed by atoms with Gasteiger partial charge >= 0.3 is 0 Å². The van der Waals surface area contributed by atoms with Crippen LogP contribution in [0.4, 0.5) is 5.82 Å². The van der Waals surface area contributed by atoms with E-state index in [1.54, 1.807) is 25.1 Å². The quantitative estimate of drug-likeness (QED) is 0.539. The summed E-state index contributed by atoms with van der Waals surface area (Å²) in [5.41, 5.74) is 3.47. The molecule has 8 nitrogen and oxygen atoms in total. The fourth-order valence-electron chi connectivity index (χ4n) is 4.59. The molecule has 188 valence electrons. The van der Waals surface area contributed by atoms with Crippen LogP contribution in [0.15, 0.2) is 41.3 Å². The van der Waals surface area contributed by atoms with Gasteiger partial charge in [0.05, 0.1) is 28.2 Å². The normalized spacial score (nSPS) is 17.5. The molecule has 1 aliphatic rings. The Morgan fingerprint density at radius 1 is 1.03 bits per heavy atom. The Labute approximate surface area is 211 Å². The minimum Gasteiger partial charge on any atom is -0.310 e. The Hall–Kier alpha value is -3.46. The second-order valence-corrected chi connectivity index (χ2v) is 11.8. The van der Waals surface area contributed by atoms with Crippen LogP contribution in [-0.2, 0) is 32.9 Å². The molecule has 1 amide bonds. The number of hydrogen-bond acceptors (Lipinski definition) is 7. The summed E-state index contributed by atoms with van der Waals surface area (Å²) < 4.78 is 24.0. The molecule has 0 saturated carbocycles. The van der Waals surface area contributed by atoms with Crippen LogP contribution >= 0.6 is 0 Å². The molecule has 0 fully saturated rings. The number of carbonyl (C=O) groups is 2. The van der Waals surface area contributed by atoms with E-state index in [1.165, 1.54) is 12.1 Å². The van der Waals surface area contributed by atoms with E-state index in [9.17, 15) is 18.0 Å². The summed E-state index contributed by atoms with van der Waals surface area (Å²) in [5.74, 6) is 0.614. The molecule has 0 saturated heterocycles. The van der Waals surface area contributed by atoms with E-state index in [1.807, 2.05) is 33.8 Å². The number of aromatic nitrogens is 3. The highest BCUT2D eigenvalue weighted by Crippen LogP contribution is 2.38. The van der Waals surface area contributed by atoms with Crippen LogP contribution in [0.2, 0.25) is 0 Å². The fraction of sp³-hybridized carbons (Fsp3) is 0.370. The first-order valence-corrected chi connectivity index (χ1v) is 13.6. The van der Waals surface area contributed by atoms with Crippen LogP contribution in [0, 0.1) is 20.8 Å². The predicted molar refractivity (Wildman–Crippen MR) is 137 cm³/mol. The molecule has 9 heteroatoms. The number of ketones is 1. The lowest BCUT2D eigenvalue weighted by atomic mass is 9.71. The van der Waals surface area contributed by atoms with E-state index in [-0.39, 0.29) is 28.8 Å². The van der Waals surface area contributed by atoms with Crippen molar-refractivity contribution in [1.29, 1.82) is 0 Å². The van der Waals surface area contributed by atoms with Gasteiger partial charge in [-0.25, -0.2) is 23.4 Å². The Bertz CT molecular complexity index is 1450. The number of nitrogens with zero attached hydrogens (tertiary/aromatic N) is 3. The molecule has 3 aromatic rings. The molecular formula is C27H30N4O4S. The number of Topliss-reactive ketones (excluding diaryl/α,β-unsaturated/α-hetero) is 1. The molecule has 1 aromatic carbocycles. The highest BCUT2D eigenvalue weighted by Gasteiger charge is 2.44. The van der Waals surface area contributed by atoms with Crippen molar-refractivity contribution >= 4 is 27.3 Å². The molecule has 1 unspecified atom stereocenters. The van der Waals surface area contributed by atoms with Crippen LogP contribution in [0.1, 0.15) is 64.7 Å². The Kier molecular flexibility index (Phi) is 6.79. The fourth-order valence-corrected chi connectivity index (χ4v) is 5.48. The summed E-state index contributed by atoms with van der Waals surface area (Å²) in [6, 6.07) is 9.91. The van der Waals surface area contributed by atoms with Crippen LogP contribution in [-0.4, -0.2) is 40.8 Å². The molecule has 1 N–H and O–H groups in total. The van der Waals surface area contributed by atoms with E-state index in [0.29, 0.717) is 41.3 Å². The Morgan fingerprint density at radius 3 is 2.28 bits per heavy atom. The average Bonchev–Trinajstić information content (AvgIpc) is 2.81. The van der Waals surface area contributed by atoms with Gasteiger partial charge in [-0.05, 0) is 75.9 Å².